The van der Waals surface area contributed by atoms with Crippen LogP contribution in [0.1, 0.15) is 31.7 Å². The predicted molar refractivity (Wildman–Crippen MR) is 67.1 cm³/mol. The third kappa shape index (κ3) is 2.50. The van der Waals surface area contributed by atoms with Crippen molar-refractivity contribution in [2.75, 3.05) is 0 Å². The zero-order valence-corrected chi connectivity index (χ0v) is 11.2. The van der Waals surface area contributed by atoms with Crippen LogP contribution >= 0.6 is 27.3 Å². The first-order valence-corrected chi connectivity index (χ1v) is 6.66. The minimum Gasteiger partial charge on any atom is -0.337 e. The van der Waals surface area contributed by atoms with Crippen molar-refractivity contribution in [1.29, 1.82) is 0 Å². The largest absolute Gasteiger partial charge is 0.337 e. The van der Waals surface area contributed by atoms with Gasteiger partial charge in [-0.3, -0.25) is 0 Å². The molecule has 2 N–H and O–H groups in total. The molecule has 4 nitrogen and oxygen atoms in total. The third-order valence-electron chi connectivity index (χ3n) is 2.15. The summed E-state index contributed by atoms with van der Waals surface area (Å²) in [7, 11) is 0. The number of halogens is 1. The molecule has 0 aromatic carbocycles. The standard InChI is InChI=1S/C10H12BrN3OS/c1-2-3-6(12)10-13-9(14-15-10)7-4-5-8(11)16-7/h4-6H,2-3,12H2,1H3. The van der Waals surface area contributed by atoms with Crippen LogP contribution in [0.3, 0.4) is 0 Å². The summed E-state index contributed by atoms with van der Waals surface area (Å²) in [5.74, 6) is 1.12. The van der Waals surface area contributed by atoms with Gasteiger partial charge in [-0.2, -0.15) is 4.98 Å². The molecule has 16 heavy (non-hydrogen) atoms. The van der Waals surface area contributed by atoms with Crippen LogP contribution in [0.15, 0.2) is 20.4 Å². The Morgan fingerprint density at radius 1 is 1.56 bits per heavy atom. The molecule has 2 aromatic rings. The number of thiophene rings is 1. The van der Waals surface area contributed by atoms with Crippen LogP contribution in [0.5, 0.6) is 0 Å². The Morgan fingerprint density at radius 3 is 3.00 bits per heavy atom. The summed E-state index contributed by atoms with van der Waals surface area (Å²) in [6, 6.07) is 3.76. The van der Waals surface area contributed by atoms with Gasteiger partial charge in [0.2, 0.25) is 11.7 Å². The highest BCUT2D eigenvalue weighted by molar-refractivity contribution is 9.11. The normalized spacial score (nSPS) is 12.9. The molecule has 2 heterocycles. The molecule has 0 saturated heterocycles. The van der Waals surface area contributed by atoms with Crippen molar-refractivity contribution in [2.45, 2.75) is 25.8 Å². The molecule has 0 spiro atoms. The van der Waals surface area contributed by atoms with Gasteiger partial charge >= 0.3 is 0 Å². The Labute approximate surface area is 106 Å². The molecule has 0 aliphatic carbocycles. The van der Waals surface area contributed by atoms with Crippen LogP contribution in [0, 0.1) is 0 Å². The summed E-state index contributed by atoms with van der Waals surface area (Å²) in [5.41, 5.74) is 5.90. The van der Waals surface area contributed by atoms with Crippen molar-refractivity contribution in [3.63, 3.8) is 0 Å². The predicted octanol–water partition coefficient (Wildman–Crippen LogP) is 3.36. The van der Waals surface area contributed by atoms with E-state index < -0.39 is 0 Å². The molecule has 0 aliphatic rings. The molecule has 1 unspecified atom stereocenters. The van der Waals surface area contributed by atoms with Gasteiger partial charge in [0, 0.05) is 0 Å². The molecule has 2 rings (SSSR count). The Bertz CT molecular complexity index is 468. The highest BCUT2D eigenvalue weighted by Crippen LogP contribution is 2.30. The second-order valence-corrected chi connectivity index (χ2v) is 5.92. The van der Waals surface area contributed by atoms with Gasteiger partial charge in [-0.05, 0) is 34.5 Å². The van der Waals surface area contributed by atoms with E-state index in [2.05, 4.69) is 33.0 Å². The number of hydrogen-bond donors (Lipinski definition) is 1. The van der Waals surface area contributed by atoms with Crippen molar-refractivity contribution in [2.24, 2.45) is 5.73 Å². The molecule has 1 atom stereocenters. The SMILES string of the molecule is CCCC(N)c1nc(-c2ccc(Br)s2)no1. The van der Waals surface area contributed by atoms with Crippen LogP contribution in [0.25, 0.3) is 10.7 Å². The minimum absolute atomic E-state index is 0.158. The lowest BCUT2D eigenvalue weighted by Gasteiger charge is -2.01. The molecule has 0 fully saturated rings. The highest BCUT2D eigenvalue weighted by Gasteiger charge is 2.15. The van der Waals surface area contributed by atoms with E-state index in [9.17, 15) is 0 Å². The first kappa shape index (κ1) is 11.8. The summed E-state index contributed by atoms with van der Waals surface area (Å²) in [4.78, 5) is 5.28. The topological polar surface area (TPSA) is 64.9 Å². The summed E-state index contributed by atoms with van der Waals surface area (Å²) in [5, 5.41) is 3.93. The van der Waals surface area contributed by atoms with Crippen LogP contribution in [-0.2, 0) is 0 Å². The number of nitrogens with zero attached hydrogens (tertiary/aromatic N) is 2. The van der Waals surface area contributed by atoms with Crippen molar-refractivity contribution in [3.8, 4) is 10.7 Å². The van der Waals surface area contributed by atoms with Gasteiger partial charge in [0.05, 0.1) is 14.7 Å². The first-order valence-electron chi connectivity index (χ1n) is 5.05. The zero-order chi connectivity index (χ0) is 11.5. The monoisotopic (exact) mass is 301 g/mol. The minimum atomic E-state index is -0.158. The zero-order valence-electron chi connectivity index (χ0n) is 8.81. The van der Waals surface area contributed by atoms with Gasteiger partial charge in [0.25, 0.3) is 0 Å². The molecule has 0 amide bonds. The molecular weight excluding hydrogens is 290 g/mol. The fourth-order valence-corrected chi connectivity index (χ4v) is 2.67. The Kier molecular flexibility index (Phi) is 3.73. The highest BCUT2D eigenvalue weighted by atomic mass is 79.9. The van der Waals surface area contributed by atoms with Gasteiger partial charge in [-0.25, -0.2) is 0 Å². The van der Waals surface area contributed by atoms with Gasteiger partial charge < -0.3 is 10.3 Å². The van der Waals surface area contributed by atoms with E-state index in [4.69, 9.17) is 10.3 Å². The number of nitrogens with two attached hydrogens (primary N) is 1. The fourth-order valence-electron chi connectivity index (χ4n) is 1.35. The summed E-state index contributed by atoms with van der Waals surface area (Å²) in [6.07, 6.45) is 1.86. The summed E-state index contributed by atoms with van der Waals surface area (Å²) < 4.78 is 6.20. The van der Waals surface area contributed by atoms with Gasteiger partial charge in [0.15, 0.2) is 0 Å². The average molecular weight is 302 g/mol. The van der Waals surface area contributed by atoms with Gasteiger partial charge in [0.1, 0.15) is 0 Å². The van der Waals surface area contributed by atoms with Gasteiger partial charge in [-0.1, -0.05) is 18.5 Å². The van der Waals surface area contributed by atoms with E-state index in [1.165, 1.54) is 0 Å². The maximum Gasteiger partial charge on any atom is 0.243 e. The second kappa shape index (κ2) is 5.07. The van der Waals surface area contributed by atoms with E-state index in [-0.39, 0.29) is 6.04 Å². The van der Waals surface area contributed by atoms with Crippen molar-refractivity contribution >= 4 is 27.3 Å². The van der Waals surface area contributed by atoms with E-state index in [0.717, 1.165) is 21.5 Å². The number of rotatable bonds is 4. The van der Waals surface area contributed by atoms with Crippen LogP contribution in [0.4, 0.5) is 0 Å². The van der Waals surface area contributed by atoms with Gasteiger partial charge in [-0.15, -0.1) is 11.3 Å². The Hall–Kier alpha value is -0.720. The Morgan fingerprint density at radius 2 is 2.38 bits per heavy atom. The molecule has 0 bridgehead atoms. The molecule has 2 aromatic heterocycles. The molecule has 86 valence electrons. The van der Waals surface area contributed by atoms with Crippen LogP contribution in [-0.4, -0.2) is 10.1 Å². The van der Waals surface area contributed by atoms with E-state index in [0.29, 0.717) is 11.7 Å². The average Bonchev–Trinajstić information content (AvgIpc) is 2.85. The van der Waals surface area contributed by atoms with Crippen LogP contribution < -0.4 is 5.73 Å². The molecule has 0 saturated carbocycles. The van der Waals surface area contributed by atoms with Crippen molar-refractivity contribution < 1.29 is 4.52 Å². The molecule has 0 aliphatic heterocycles. The molecule has 0 radical (unpaired) electrons. The summed E-state index contributed by atoms with van der Waals surface area (Å²) in [6.45, 7) is 2.08. The lowest BCUT2D eigenvalue weighted by Crippen LogP contribution is -2.09. The van der Waals surface area contributed by atoms with Crippen molar-refractivity contribution in [1.82, 2.24) is 10.1 Å². The second-order valence-electron chi connectivity index (χ2n) is 3.46. The maximum atomic E-state index is 5.90. The van der Waals surface area contributed by atoms with E-state index in [1.807, 2.05) is 12.1 Å². The number of aromatic nitrogens is 2. The lowest BCUT2D eigenvalue weighted by atomic mass is 10.2. The quantitative estimate of drug-likeness (QED) is 0.940. The smallest absolute Gasteiger partial charge is 0.243 e. The Balaban J connectivity index is 2.19. The fraction of sp³-hybridized carbons (Fsp3) is 0.400. The van der Waals surface area contributed by atoms with Crippen LogP contribution in [0.2, 0.25) is 0 Å². The molecule has 6 heteroatoms. The maximum absolute atomic E-state index is 5.90. The third-order valence-corrected chi connectivity index (χ3v) is 3.77. The lowest BCUT2D eigenvalue weighted by molar-refractivity contribution is 0.348. The van der Waals surface area contributed by atoms with Crippen molar-refractivity contribution in [3.05, 3.63) is 21.8 Å². The summed E-state index contributed by atoms with van der Waals surface area (Å²) >= 11 is 4.97. The van der Waals surface area contributed by atoms with E-state index in [1.54, 1.807) is 11.3 Å². The number of hydrogen-bond acceptors (Lipinski definition) is 5. The first-order chi connectivity index (χ1) is 7.70. The van der Waals surface area contributed by atoms with E-state index >= 15 is 0 Å². The molecular formula is C10H12BrN3OS.